The van der Waals surface area contributed by atoms with Crippen molar-refractivity contribution >= 4 is 5.97 Å². The molecule has 1 aliphatic heterocycles. The number of esters is 1. The number of hydrogen-bond acceptors (Lipinski definition) is 3. The van der Waals surface area contributed by atoms with E-state index in [1.165, 1.54) is 42.4 Å². The van der Waals surface area contributed by atoms with Gasteiger partial charge in [0.2, 0.25) is 0 Å². The Morgan fingerprint density at radius 1 is 1.25 bits per heavy atom. The van der Waals surface area contributed by atoms with Crippen LogP contribution in [0.15, 0.2) is 18.2 Å². The minimum absolute atomic E-state index is 0.00462. The normalized spacial score (nSPS) is 32.1. The first-order valence-electron chi connectivity index (χ1n) is 9.56. The lowest BCUT2D eigenvalue weighted by atomic mass is 9.79. The monoisotopic (exact) mass is 328 g/mol. The van der Waals surface area contributed by atoms with E-state index in [9.17, 15) is 4.79 Å². The molecule has 0 aromatic heterocycles. The Kier molecular flexibility index (Phi) is 4.38. The zero-order chi connectivity index (χ0) is 16.6. The van der Waals surface area contributed by atoms with Crippen LogP contribution in [0.2, 0.25) is 0 Å². The van der Waals surface area contributed by atoms with Crippen molar-refractivity contribution in [2.45, 2.75) is 63.7 Å². The molecule has 24 heavy (non-hydrogen) atoms. The number of carbonyl (C=O) groups excluding carboxylic acids is 1. The summed E-state index contributed by atoms with van der Waals surface area (Å²) < 4.78 is 5.25. The SMILES string of the molecule is O=C1C[C@@]2(CC[C@H](c3ccc4c(c3)CC[C@H](CCCO)C4)C2)CO1. The molecule has 1 aromatic rings. The van der Waals surface area contributed by atoms with Gasteiger partial charge in [0.25, 0.3) is 0 Å². The second-order valence-electron chi connectivity index (χ2n) is 8.28. The van der Waals surface area contributed by atoms with Crippen molar-refractivity contribution in [3.63, 3.8) is 0 Å². The molecular weight excluding hydrogens is 300 g/mol. The summed E-state index contributed by atoms with van der Waals surface area (Å²) in [4.78, 5) is 11.5. The Morgan fingerprint density at radius 3 is 2.96 bits per heavy atom. The van der Waals surface area contributed by atoms with E-state index in [2.05, 4.69) is 18.2 Å². The highest BCUT2D eigenvalue weighted by Crippen LogP contribution is 2.51. The molecule has 4 rings (SSSR count). The third-order valence-electron chi connectivity index (χ3n) is 6.56. The fourth-order valence-corrected chi connectivity index (χ4v) is 5.16. The average molecular weight is 328 g/mol. The van der Waals surface area contributed by atoms with Crippen molar-refractivity contribution in [1.29, 1.82) is 0 Å². The second kappa shape index (κ2) is 6.51. The first kappa shape index (κ1) is 16.1. The van der Waals surface area contributed by atoms with Gasteiger partial charge in [-0.1, -0.05) is 18.2 Å². The van der Waals surface area contributed by atoms with Crippen LogP contribution < -0.4 is 0 Å². The maximum atomic E-state index is 11.5. The Hall–Kier alpha value is -1.35. The molecule has 1 aromatic carbocycles. The number of ether oxygens (including phenoxy) is 1. The number of hydrogen-bond donors (Lipinski definition) is 1. The molecule has 2 fully saturated rings. The van der Waals surface area contributed by atoms with Gasteiger partial charge in [0.05, 0.1) is 13.0 Å². The molecule has 1 heterocycles. The number of cyclic esters (lactones) is 1. The fraction of sp³-hybridized carbons (Fsp3) is 0.667. The fourth-order valence-electron chi connectivity index (χ4n) is 5.16. The lowest BCUT2D eigenvalue weighted by Gasteiger charge is -2.26. The summed E-state index contributed by atoms with van der Waals surface area (Å²) in [6.07, 6.45) is 9.74. The average Bonchev–Trinajstić information content (AvgIpc) is 3.18. The molecule has 0 amide bonds. The Bertz CT molecular complexity index is 624. The molecule has 3 heteroatoms. The van der Waals surface area contributed by atoms with Gasteiger partial charge in [0, 0.05) is 12.0 Å². The van der Waals surface area contributed by atoms with Crippen molar-refractivity contribution in [2.75, 3.05) is 13.2 Å². The van der Waals surface area contributed by atoms with Gasteiger partial charge in [-0.15, -0.1) is 0 Å². The number of fused-ring (bicyclic) bond motifs is 1. The standard InChI is InChI=1S/C21H28O3/c22-9-1-2-15-3-4-17-11-18(6-5-16(17)10-15)19-7-8-21(12-19)13-20(23)24-14-21/h5-6,11,15,19,22H,1-4,7-10,12-14H2/t15-,19-,21-/m0/s1. The third kappa shape index (κ3) is 3.11. The quantitative estimate of drug-likeness (QED) is 0.856. The molecule has 0 bridgehead atoms. The van der Waals surface area contributed by atoms with E-state index < -0.39 is 0 Å². The van der Waals surface area contributed by atoms with Crippen LogP contribution in [0, 0.1) is 11.3 Å². The smallest absolute Gasteiger partial charge is 0.306 e. The van der Waals surface area contributed by atoms with Gasteiger partial charge in [-0.25, -0.2) is 0 Å². The summed E-state index contributed by atoms with van der Waals surface area (Å²) in [5, 5.41) is 9.02. The van der Waals surface area contributed by atoms with E-state index in [4.69, 9.17) is 9.84 Å². The summed E-state index contributed by atoms with van der Waals surface area (Å²) in [6, 6.07) is 7.12. The van der Waals surface area contributed by atoms with Crippen LogP contribution in [0.3, 0.4) is 0 Å². The van der Waals surface area contributed by atoms with E-state index in [0.29, 0.717) is 25.6 Å². The molecule has 1 saturated carbocycles. The van der Waals surface area contributed by atoms with Crippen LogP contribution in [-0.4, -0.2) is 24.3 Å². The molecule has 0 radical (unpaired) electrons. The highest BCUT2D eigenvalue weighted by atomic mass is 16.5. The highest BCUT2D eigenvalue weighted by molar-refractivity contribution is 5.72. The van der Waals surface area contributed by atoms with Crippen molar-refractivity contribution in [3.8, 4) is 0 Å². The van der Waals surface area contributed by atoms with E-state index in [1.54, 1.807) is 0 Å². The zero-order valence-corrected chi connectivity index (χ0v) is 14.4. The highest BCUT2D eigenvalue weighted by Gasteiger charge is 2.46. The maximum absolute atomic E-state index is 11.5. The van der Waals surface area contributed by atoms with Crippen LogP contribution >= 0.6 is 0 Å². The van der Waals surface area contributed by atoms with Crippen LogP contribution in [0.4, 0.5) is 0 Å². The van der Waals surface area contributed by atoms with Gasteiger partial charge in [0.1, 0.15) is 0 Å². The summed E-state index contributed by atoms with van der Waals surface area (Å²) in [7, 11) is 0. The van der Waals surface area contributed by atoms with Crippen molar-refractivity contribution in [1.82, 2.24) is 0 Å². The van der Waals surface area contributed by atoms with E-state index in [0.717, 1.165) is 31.6 Å². The van der Waals surface area contributed by atoms with Crippen molar-refractivity contribution in [3.05, 3.63) is 34.9 Å². The van der Waals surface area contributed by atoms with Gasteiger partial charge in [-0.05, 0) is 79.9 Å². The number of aliphatic hydroxyl groups excluding tert-OH is 1. The van der Waals surface area contributed by atoms with Crippen molar-refractivity contribution < 1.29 is 14.6 Å². The molecule has 1 saturated heterocycles. The van der Waals surface area contributed by atoms with Gasteiger partial charge < -0.3 is 9.84 Å². The molecule has 0 unspecified atom stereocenters. The number of benzene rings is 1. The molecule has 130 valence electrons. The largest absolute Gasteiger partial charge is 0.465 e. The maximum Gasteiger partial charge on any atom is 0.306 e. The van der Waals surface area contributed by atoms with Gasteiger partial charge in [0.15, 0.2) is 0 Å². The number of rotatable bonds is 4. The number of carbonyl (C=O) groups is 1. The molecule has 1 N–H and O–H groups in total. The van der Waals surface area contributed by atoms with Crippen LogP contribution in [0.25, 0.3) is 0 Å². The predicted octanol–water partition coefficient (Wildman–Crippen LogP) is 3.76. The second-order valence-corrected chi connectivity index (χ2v) is 8.28. The van der Waals surface area contributed by atoms with Gasteiger partial charge in [-0.2, -0.15) is 0 Å². The number of aryl methyl sites for hydroxylation is 1. The molecule has 1 spiro atoms. The summed E-state index contributed by atoms with van der Waals surface area (Å²) in [6.45, 7) is 0.956. The number of aliphatic hydroxyl groups is 1. The lowest BCUT2D eigenvalue weighted by Crippen LogP contribution is -2.17. The molecule has 3 aliphatic rings. The van der Waals surface area contributed by atoms with Crippen LogP contribution in [0.5, 0.6) is 0 Å². The van der Waals surface area contributed by atoms with Crippen LogP contribution in [-0.2, 0) is 22.4 Å². The molecule has 3 nitrogen and oxygen atoms in total. The summed E-state index contributed by atoms with van der Waals surface area (Å²) in [5.41, 5.74) is 4.65. The Balaban J connectivity index is 1.44. The molecule has 3 atom stereocenters. The van der Waals surface area contributed by atoms with E-state index >= 15 is 0 Å². The topological polar surface area (TPSA) is 46.5 Å². The third-order valence-corrected chi connectivity index (χ3v) is 6.56. The predicted molar refractivity (Wildman–Crippen MR) is 92.9 cm³/mol. The Labute approximate surface area is 144 Å². The van der Waals surface area contributed by atoms with Crippen LogP contribution in [0.1, 0.15) is 67.6 Å². The zero-order valence-electron chi connectivity index (χ0n) is 14.4. The molecule has 2 aliphatic carbocycles. The van der Waals surface area contributed by atoms with Crippen molar-refractivity contribution in [2.24, 2.45) is 11.3 Å². The molecular formula is C21H28O3. The minimum Gasteiger partial charge on any atom is -0.465 e. The lowest BCUT2D eigenvalue weighted by molar-refractivity contribution is -0.137. The first-order chi connectivity index (χ1) is 11.7. The first-order valence-corrected chi connectivity index (χ1v) is 9.56. The van der Waals surface area contributed by atoms with Gasteiger partial charge in [-0.3, -0.25) is 4.79 Å². The minimum atomic E-state index is -0.00462. The van der Waals surface area contributed by atoms with E-state index in [-0.39, 0.29) is 11.4 Å². The summed E-state index contributed by atoms with van der Waals surface area (Å²) >= 11 is 0. The van der Waals surface area contributed by atoms with E-state index in [1.807, 2.05) is 0 Å². The van der Waals surface area contributed by atoms with Gasteiger partial charge >= 0.3 is 5.97 Å². The summed E-state index contributed by atoms with van der Waals surface area (Å²) in [5.74, 6) is 1.33. The Morgan fingerprint density at radius 2 is 2.17 bits per heavy atom.